The molecule has 8 heteroatoms. The Hall–Kier alpha value is -2.19. The van der Waals surface area contributed by atoms with Gasteiger partial charge in [-0.25, -0.2) is 9.78 Å². The van der Waals surface area contributed by atoms with Gasteiger partial charge in [0.15, 0.2) is 11.0 Å². The zero-order valence-electron chi connectivity index (χ0n) is 13.2. The topological polar surface area (TPSA) is 111 Å². The summed E-state index contributed by atoms with van der Waals surface area (Å²) in [7, 11) is 1.34. The minimum atomic E-state index is -0.416. The van der Waals surface area contributed by atoms with Crippen LogP contribution in [0, 0.1) is 13.8 Å². The lowest BCUT2D eigenvalue weighted by atomic mass is 9.99. The Morgan fingerprint density at radius 3 is 2.65 bits per heavy atom. The molecule has 2 aromatic rings. The van der Waals surface area contributed by atoms with E-state index < -0.39 is 5.97 Å². The summed E-state index contributed by atoms with van der Waals surface area (Å²) in [5, 5.41) is 9.34. The number of nitrogens with two attached hydrogens (primary N) is 1. The molecule has 122 valence electrons. The maximum Gasteiger partial charge on any atom is 0.338 e. The highest BCUT2D eigenvalue weighted by atomic mass is 32.2. The minimum Gasteiger partial charge on any atom is -0.465 e. The second-order valence-corrected chi connectivity index (χ2v) is 5.91. The summed E-state index contributed by atoms with van der Waals surface area (Å²) < 4.78 is 4.80. The second-order valence-electron chi connectivity index (χ2n) is 4.85. The summed E-state index contributed by atoms with van der Waals surface area (Å²) in [5.41, 5.74) is 8.62. The second kappa shape index (κ2) is 7.38. The zero-order valence-corrected chi connectivity index (χ0v) is 14.0. The van der Waals surface area contributed by atoms with Gasteiger partial charge < -0.3 is 15.6 Å². The molecule has 0 saturated carbocycles. The monoisotopic (exact) mass is 334 g/mol. The van der Waals surface area contributed by atoms with Gasteiger partial charge in [-0.1, -0.05) is 17.8 Å². The number of ether oxygens (including phenoxy) is 1. The van der Waals surface area contributed by atoms with Gasteiger partial charge in [-0.15, -0.1) is 0 Å². The molecule has 1 aromatic carbocycles. The molecular weight excluding hydrogens is 316 g/mol. The normalized spacial score (nSPS) is 10.6. The van der Waals surface area contributed by atoms with Crippen LogP contribution in [0.5, 0.6) is 0 Å². The van der Waals surface area contributed by atoms with Crippen LogP contribution in [0.2, 0.25) is 0 Å². The van der Waals surface area contributed by atoms with Crippen LogP contribution in [0.4, 0.5) is 5.95 Å². The molecular formula is C15H18N4O3S. The van der Waals surface area contributed by atoms with Crippen LogP contribution < -0.4 is 5.73 Å². The number of benzene rings is 1. The number of nitrogen functional groups attached to an aromatic ring is 1. The molecule has 23 heavy (non-hydrogen) atoms. The first-order valence-electron chi connectivity index (χ1n) is 6.91. The number of anilines is 1. The number of aliphatic hydroxyl groups is 1. The van der Waals surface area contributed by atoms with Gasteiger partial charge in [-0.3, -0.25) is 0 Å². The first kappa shape index (κ1) is 17.2. The maximum atomic E-state index is 11.9. The summed E-state index contributed by atoms with van der Waals surface area (Å²) in [4.78, 5) is 24.4. The summed E-state index contributed by atoms with van der Waals surface area (Å²) in [5.74, 6) is 0.527. The first-order valence-corrected chi connectivity index (χ1v) is 7.90. The van der Waals surface area contributed by atoms with Gasteiger partial charge in [0.2, 0.25) is 5.95 Å². The molecule has 1 heterocycles. The molecule has 0 aliphatic carbocycles. The number of hydrogen-bond acceptors (Lipinski definition) is 8. The largest absolute Gasteiger partial charge is 0.465 e. The summed E-state index contributed by atoms with van der Waals surface area (Å²) in [6.45, 7) is 3.76. The zero-order chi connectivity index (χ0) is 17.0. The van der Waals surface area contributed by atoms with Gasteiger partial charge in [-0.05, 0) is 31.0 Å². The van der Waals surface area contributed by atoms with Crippen LogP contribution in [-0.2, 0) is 4.74 Å². The number of rotatable bonds is 5. The van der Waals surface area contributed by atoms with E-state index in [2.05, 4.69) is 15.0 Å². The summed E-state index contributed by atoms with van der Waals surface area (Å²) >= 11 is 1.28. The Labute approximate surface area is 138 Å². The first-order chi connectivity index (χ1) is 11.0. The number of nitrogens with zero attached hydrogens (tertiary/aromatic N) is 3. The molecule has 0 spiro atoms. The van der Waals surface area contributed by atoms with E-state index in [0.29, 0.717) is 27.9 Å². The number of carbonyl (C=O) groups is 1. The third-order valence-electron chi connectivity index (χ3n) is 3.17. The van der Waals surface area contributed by atoms with E-state index in [1.807, 2.05) is 19.9 Å². The van der Waals surface area contributed by atoms with Crippen LogP contribution in [0.1, 0.15) is 21.5 Å². The van der Waals surface area contributed by atoms with E-state index in [1.54, 1.807) is 6.07 Å². The van der Waals surface area contributed by atoms with Crippen LogP contribution >= 0.6 is 11.8 Å². The van der Waals surface area contributed by atoms with Crippen LogP contribution in [0.25, 0.3) is 11.4 Å². The Bertz CT molecular complexity index is 737. The Morgan fingerprint density at radius 2 is 2.00 bits per heavy atom. The number of hydrogen-bond donors (Lipinski definition) is 2. The quantitative estimate of drug-likeness (QED) is 0.626. The number of aliphatic hydroxyl groups excluding tert-OH is 1. The van der Waals surface area contributed by atoms with E-state index in [9.17, 15) is 4.79 Å². The van der Waals surface area contributed by atoms with E-state index in [4.69, 9.17) is 15.6 Å². The Balaban J connectivity index is 2.53. The van der Waals surface area contributed by atoms with Crippen molar-refractivity contribution < 1.29 is 14.6 Å². The van der Waals surface area contributed by atoms with Crippen molar-refractivity contribution in [3.05, 3.63) is 28.8 Å². The van der Waals surface area contributed by atoms with Crippen molar-refractivity contribution in [1.29, 1.82) is 0 Å². The highest BCUT2D eigenvalue weighted by Crippen LogP contribution is 2.26. The summed E-state index contributed by atoms with van der Waals surface area (Å²) in [6.07, 6.45) is 0. The number of aryl methyl sites for hydroxylation is 2. The van der Waals surface area contributed by atoms with Crippen molar-refractivity contribution in [2.24, 2.45) is 0 Å². The smallest absolute Gasteiger partial charge is 0.338 e. The molecule has 0 saturated heterocycles. The van der Waals surface area contributed by atoms with Crippen molar-refractivity contribution in [3.8, 4) is 11.4 Å². The van der Waals surface area contributed by atoms with Gasteiger partial charge >= 0.3 is 5.97 Å². The van der Waals surface area contributed by atoms with Crippen LogP contribution in [0.3, 0.4) is 0 Å². The minimum absolute atomic E-state index is 0.0155. The summed E-state index contributed by atoms with van der Waals surface area (Å²) in [6, 6.07) is 3.58. The predicted octanol–water partition coefficient (Wildman–Crippen LogP) is 1.61. The lowest BCUT2D eigenvalue weighted by Crippen LogP contribution is -2.07. The van der Waals surface area contributed by atoms with Crippen molar-refractivity contribution >= 4 is 23.7 Å². The van der Waals surface area contributed by atoms with E-state index in [0.717, 1.165) is 11.1 Å². The molecule has 1 aromatic heterocycles. The molecule has 0 radical (unpaired) electrons. The number of methoxy groups -OCH3 is 1. The van der Waals surface area contributed by atoms with Gasteiger partial charge in [0.05, 0.1) is 19.3 Å². The number of carbonyl (C=O) groups excluding carboxylic acids is 1. The average molecular weight is 334 g/mol. The molecule has 0 aliphatic rings. The molecule has 0 unspecified atom stereocenters. The third kappa shape index (κ3) is 3.96. The molecule has 0 aliphatic heterocycles. The lowest BCUT2D eigenvalue weighted by molar-refractivity contribution is 0.0600. The molecule has 2 rings (SSSR count). The maximum absolute atomic E-state index is 11.9. The van der Waals surface area contributed by atoms with Crippen molar-refractivity contribution in [2.75, 3.05) is 25.2 Å². The highest BCUT2D eigenvalue weighted by Gasteiger charge is 2.16. The SMILES string of the molecule is COC(=O)c1cc(-c2nc(N)nc(SCCO)n2)c(C)cc1C. The molecule has 0 amide bonds. The van der Waals surface area contributed by atoms with Crippen molar-refractivity contribution in [3.63, 3.8) is 0 Å². The molecule has 0 bridgehead atoms. The van der Waals surface area contributed by atoms with E-state index in [1.165, 1.54) is 18.9 Å². The average Bonchev–Trinajstić information content (AvgIpc) is 2.51. The molecule has 0 atom stereocenters. The van der Waals surface area contributed by atoms with Gasteiger partial charge in [-0.2, -0.15) is 9.97 Å². The van der Waals surface area contributed by atoms with Gasteiger partial charge in [0.25, 0.3) is 0 Å². The number of thioether (sulfide) groups is 1. The van der Waals surface area contributed by atoms with Gasteiger partial charge in [0.1, 0.15) is 0 Å². The Kier molecular flexibility index (Phi) is 5.51. The van der Waals surface area contributed by atoms with Crippen molar-refractivity contribution in [1.82, 2.24) is 15.0 Å². The van der Waals surface area contributed by atoms with Crippen LogP contribution in [-0.4, -0.2) is 45.5 Å². The van der Waals surface area contributed by atoms with E-state index in [-0.39, 0.29) is 12.6 Å². The predicted molar refractivity (Wildman–Crippen MR) is 88.3 cm³/mol. The third-order valence-corrected chi connectivity index (χ3v) is 4.00. The fraction of sp³-hybridized carbons (Fsp3) is 0.333. The molecule has 0 fully saturated rings. The fourth-order valence-electron chi connectivity index (χ4n) is 2.12. The number of aromatic nitrogens is 3. The fourth-order valence-corrected chi connectivity index (χ4v) is 2.70. The highest BCUT2D eigenvalue weighted by molar-refractivity contribution is 7.99. The number of esters is 1. The molecule has 7 nitrogen and oxygen atoms in total. The van der Waals surface area contributed by atoms with Crippen molar-refractivity contribution in [2.45, 2.75) is 19.0 Å². The standard InChI is InChI=1S/C15H18N4O3S/c1-8-6-9(2)11(13(21)22-3)7-10(8)12-17-14(16)19-15(18-12)23-5-4-20/h6-7,20H,4-5H2,1-3H3,(H2,16,17,18,19). The van der Waals surface area contributed by atoms with Crippen LogP contribution in [0.15, 0.2) is 17.3 Å². The van der Waals surface area contributed by atoms with Gasteiger partial charge in [0, 0.05) is 11.3 Å². The molecule has 3 N–H and O–H groups in total. The Morgan fingerprint density at radius 1 is 1.26 bits per heavy atom. The van der Waals surface area contributed by atoms with E-state index >= 15 is 0 Å². The lowest BCUT2D eigenvalue weighted by Gasteiger charge is -2.11.